The molecule has 0 radical (unpaired) electrons. The van der Waals surface area contributed by atoms with E-state index >= 15 is 0 Å². The lowest BCUT2D eigenvalue weighted by Gasteiger charge is -2.21. The van der Waals surface area contributed by atoms with Crippen molar-refractivity contribution in [2.45, 2.75) is 32.9 Å². The lowest BCUT2D eigenvalue weighted by molar-refractivity contribution is 0.151. The topological polar surface area (TPSA) is 39.1 Å². The Morgan fingerprint density at radius 2 is 2.27 bits per heavy atom. The van der Waals surface area contributed by atoms with Crippen LogP contribution >= 0.6 is 0 Å². The monoisotopic (exact) mass is 211 g/mol. The maximum atomic E-state index is 5.23. The summed E-state index contributed by atoms with van der Waals surface area (Å²) in [5, 5.41) is 3.42. The van der Waals surface area contributed by atoms with E-state index in [0.717, 1.165) is 12.4 Å². The Labute approximate surface area is 91.7 Å². The molecule has 0 saturated carbocycles. The maximum absolute atomic E-state index is 5.23. The van der Waals surface area contributed by atoms with E-state index in [2.05, 4.69) is 28.7 Å². The van der Waals surface area contributed by atoms with Gasteiger partial charge < -0.3 is 14.6 Å². The molecule has 1 rings (SSSR count). The third-order valence-electron chi connectivity index (χ3n) is 2.38. The van der Waals surface area contributed by atoms with Crippen molar-refractivity contribution in [1.29, 1.82) is 0 Å². The van der Waals surface area contributed by atoms with Crippen LogP contribution in [-0.4, -0.2) is 35.9 Å². The first kappa shape index (κ1) is 12.2. The van der Waals surface area contributed by atoms with Crippen LogP contribution in [0.25, 0.3) is 0 Å². The normalized spacial score (nSPS) is 13.4. The van der Waals surface area contributed by atoms with E-state index < -0.39 is 0 Å². The number of nitrogens with zero attached hydrogens (tertiary/aromatic N) is 2. The Morgan fingerprint density at radius 1 is 1.53 bits per heavy atom. The molecule has 15 heavy (non-hydrogen) atoms. The molecule has 1 heterocycles. The minimum atomic E-state index is 0.319. The van der Waals surface area contributed by atoms with Crippen LogP contribution in [0.15, 0.2) is 12.4 Å². The second kappa shape index (κ2) is 5.88. The van der Waals surface area contributed by atoms with E-state index in [1.54, 1.807) is 7.11 Å². The van der Waals surface area contributed by atoms with Crippen molar-refractivity contribution < 1.29 is 4.74 Å². The van der Waals surface area contributed by atoms with E-state index in [1.807, 2.05) is 19.3 Å². The van der Waals surface area contributed by atoms with Gasteiger partial charge in [0.1, 0.15) is 5.82 Å². The van der Waals surface area contributed by atoms with E-state index in [1.165, 1.54) is 0 Å². The molecule has 1 N–H and O–H groups in total. The molecule has 0 saturated heterocycles. The van der Waals surface area contributed by atoms with Gasteiger partial charge >= 0.3 is 0 Å². The van der Waals surface area contributed by atoms with Gasteiger partial charge in [0, 0.05) is 32.1 Å². The molecule has 1 aromatic heterocycles. The third-order valence-corrected chi connectivity index (χ3v) is 2.38. The molecule has 0 spiro atoms. The Hall–Kier alpha value is -0.870. The average molecular weight is 211 g/mol. The Kier molecular flexibility index (Phi) is 4.78. The highest BCUT2D eigenvalue weighted by atomic mass is 16.5. The largest absolute Gasteiger partial charge is 0.382 e. The Bertz CT molecular complexity index is 283. The predicted molar refractivity (Wildman–Crippen MR) is 61.0 cm³/mol. The Balaban J connectivity index is 2.61. The van der Waals surface area contributed by atoms with Crippen LogP contribution in [0.2, 0.25) is 0 Å². The third kappa shape index (κ3) is 3.64. The van der Waals surface area contributed by atoms with Gasteiger partial charge in [0.15, 0.2) is 0 Å². The summed E-state index contributed by atoms with van der Waals surface area (Å²) in [5.74, 6) is 1.03. The fraction of sp³-hybridized carbons (Fsp3) is 0.727. The summed E-state index contributed by atoms with van der Waals surface area (Å²) in [6.45, 7) is 7.91. The average Bonchev–Trinajstić information content (AvgIpc) is 2.59. The van der Waals surface area contributed by atoms with Crippen molar-refractivity contribution in [2.24, 2.45) is 0 Å². The summed E-state index contributed by atoms with van der Waals surface area (Å²) < 4.78 is 7.38. The molecule has 1 aromatic rings. The SMILES string of the molecule is COCC(CNC(C)C)n1ccnc1C. The molecule has 1 atom stereocenters. The molecule has 0 aliphatic heterocycles. The quantitative estimate of drug-likeness (QED) is 0.772. The van der Waals surface area contributed by atoms with E-state index in [-0.39, 0.29) is 0 Å². The summed E-state index contributed by atoms with van der Waals surface area (Å²) in [7, 11) is 1.73. The molecular weight excluding hydrogens is 190 g/mol. The van der Waals surface area contributed by atoms with Crippen molar-refractivity contribution in [3.63, 3.8) is 0 Å². The Morgan fingerprint density at radius 3 is 2.73 bits per heavy atom. The van der Waals surface area contributed by atoms with Crippen molar-refractivity contribution in [3.05, 3.63) is 18.2 Å². The molecule has 0 amide bonds. The number of aryl methyl sites for hydroxylation is 1. The van der Waals surface area contributed by atoms with Gasteiger partial charge in [-0.3, -0.25) is 0 Å². The smallest absolute Gasteiger partial charge is 0.105 e. The molecule has 4 heteroatoms. The van der Waals surface area contributed by atoms with E-state index in [4.69, 9.17) is 4.74 Å². The van der Waals surface area contributed by atoms with E-state index in [9.17, 15) is 0 Å². The van der Waals surface area contributed by atoms with Crippen molar-refractivity contribution in [2.75, 3.05) is 20.3 Å². The van der Waals surface area contributed by atoms with Crippen LogP contribution in [-0.2, 0) is 4.74 Å². The van der Waals surface area contributed by atoms with Gasteiger partial charge in [-0.05, 0) is 6.92 Å². The maximum Gasteiger partial charge on any atom is 0.105 e. The van der Waals surface area contributed by atoms with Gasteiger partial charge in [0.05, 0.1) is 12.6 Å². The van der Waals surface area contributed by atoms with Crippen LogP contribution in [0.4, 0.5) is 0 Å². The minimum Gasteiger partial charge on any atom is -0.382 e. The van der Waals surface area contributed by atoms with Gasteiger partial charge in [-0.25, -0.2) is 4.98 Å². The second-order valence-corrected chi connectivity index (χ2v) is 4.05. The van der Waals surface area contributed by atoms with Crippen LogP contribution in [0, 0.1) is 6.92 Å². The molecule has 0 aliphatic rings. The second-order valence-electron chi connectivity index (χ2n) is 4.05. The fourth-order valence-corrected chi connectivity index (χ4v) is 1.58. The molecule has 86 valence electrons. The predicted octanol–water partition coefficient (Wildman–Crippen LogP) is 1.38. The molecule has 1 unspecified atom stereocenters. The van der Waals surface area contributed by atoms with E-state index in [0.29, 0.717) is 18.7 Å². The highest BCUT2D eigenvalue weighted by Crippen LogP contribution is 2.09. The number of methoxy groups -OCH3 is 1. The fourth-order valence-electron chi connectivity index (χ4n) is 1.58. The molecule has 0 aliphatic carbocycles. The zero-order valence-electron chi connectivity index (χ0n) is 10.0. The highest BCUT2D eigenvalue weighted by molar-refractivity contribution is 4.93. The molecule has 4 nitrogen and oxygen atoms in total. The van der Waals surface area contributed by atoms with Crippen LogP contribution in [0.5, 0.6) is 0 Å². The standard InChI is InChI=1S/C11H21N3O/c1-9(2)13-7-11(8-15-4)14-6-5-12-10(14)3/h5-6,9,11,13H,7-8H2,1-4H3. The van der Waals surface area contributed by atoms with Gasteiger partial charge in [-0.15, -0.1) is 0 Å². The molecular formula is C11H21N3O. The summed E-state index contributed by atoms with van der Waals surface area (Å²) in [4.78, 5) is 4.23. The summed E-state index contributed by atoms with van der Waals surface area (Å²) in [6, 6.07) is 0.813. The zero-order valence-corrected chi connectivity index (χ0v) is 10.0. The van der Waals surface area contributed by atoms with Crippen LogP contribution < -0.4 is 5.32 Å². The number of hydrogen-bond donors (Lipinski definition) is 1. The number of ether oxygens (including phenoxy) is 1. The van der Waals surface area contributed by atoms with Crippen LogP contribution in [0.1, 0.15) is 25.7 Å². The first-order chi connectivity index (χ1) is 7.15. The first-order valence-corrected chi connectivity index (χ1v) is 5.37. The van der Waals surface area contributed by atoms with Crippen LogP contribution in [0.3, 0.4) is 0 Å². The molecule has 0 fully saturated rings. The van der Waals surface area contributed by atoms with Gasteiger partial charge in [0.25, 0.3) is 0 Å². The molecule has 0 bridgehead atoms. The summed E-state index contributed by atoms with van der Waals surface area (Å²) in [5.41, 5.74) is 0. The number of hydrogen-bond acceptors (Lipinski definition) is 3. The van der Waals surface area contributed by atoms with Crippen molar-refractivity contribution >= 4 is 0 Å². The number of nitrogens with one attached hydrogen (secondary N) is 1. The van der Waals surface area contributed by atoms with Crippen molar-refractivity contribution in [3.8, 4) is 0 Å². The molecule has 0 aromatic carbocycles. The van der Waals surface area contributed by atoms with Gasteiger partial charge in [-0.2, -0.15) is 0 Å². The number of aromatic nitrogens is 2. The van der Waals surface area contributed by atoms with Gasteiger partial charge in [-0.1, -0.05) is 13.8 Å². The first-order valence-electron chi connectivity index (χ1n) is 5.37. The summed E-state index contributed by atoms with van der Waals surface area (Å²) >= 11 is 0. The number of rotatable bonds is 6. The lowest BCUT2D eigenvalue weighted by atomic mass is 10.2. The van der Waals surface area contributed by atoms with Gasteiger partial charge in [0.2, 0.25) is 0 Å². The lowest BCUT2D eigenvalue weighted by Crippen LogP contribution is -2.32. The van der Waals surface area contributed by atoms with Crippen molar-refractivity contribution in [1.82, 2.24) is 14.9 Å². The zero-order chi connectivity index (χ0) is 11.3. The summed E-state index contributed by atoms with van der Waals surface area (Å²) in [6.07, 6.45) is 3.83. The minimum absolute atomic E-state index is 0.319. The number of imidazole rings is 1. The highest BCUT2D eigenvalue weighted by Gasteiger charge is 2.12.